The molecule has 0 spiro atoms. The Morgan fingerprint density at radius 3 is 1.76 bits per heavy atom. The fourth-order valence-electron chi connectivity index (χ4n) is 1.30. The largest absolute Gasteiger partial charge is 0.481 e. The van der Waals surface area contributed by atoms with E-state index in [0.717, 1.165) is 7.11 Å². The highest BCUT2D eigenvalue weighted by Crippen LogP contribution is 2.02. The number of carbonyl (C=O) groups excluding carboxylic acids is 3. The van der Waals surface area contributed by atoms with E-state index in [-0.39, 0.29) is 24.6 Å². The summed E-state index contributed by atoms with van der Waals surface area (Å²) in [6.07, 6.45) is 0. The van der Waals surface area contributed by atoms with Crippen molar-refractivity contribution in [3.8, 4) is 0 Å². The van der Waals surface area contributed by atoms with Crippen molar-refractivity contribution in [2.75, 3.05) is 31.7 Å². The molecule has 2 unspecified atom stereocenters. The summed E-state index contributed by atoms with van der Waals surface area (Å²) in [7, 11) is 1.16. The second kappa shape index (κ2) is 10.3. The first kappa shape index (κ1) is 19.6. The summed E-state index contributed by atoms with van der Waals surface area (Å²) >= 11 is 7.66. The van der Waals surface area contributed by atoms with E-state index < -0.39 is 35.6 Å². The summed E-state index contributed by atoms with van der Waals surface area (Å²) < 4.78 is 4.45. The normalized spacial score (nSPS) is 12.9. The molecule has 0 rings (SSSR count). The lowest BCUT2D eigenvalue weighted by Gasteiger charge is -2.13. The Labute approximate surface area is 132 Å². The number of amides is 2. The van der Waals surface area contributed by atoms with Crippen LogP contribution in [0, 0.1) is 11.8 Å². The van der Waals surface area contributed by atoms with Gasteiger partial charge < -0.3 is 20.5 Å². The third-order valence-electron chi connectivity index (χ3n) is 2.51. The molecule has 0 fully saturated rings. The molecule has 0 aliphatic heterocycles. The van der Waals surface area contributed by atoms with E-state index in [1.54, 1.807) is 0 Å². The average molecular weight is 338 g/mol. The Kier molecular flexibility index (Phi) is 9.63. The molecule has 21 heavy (non-hydrogen) atoms. The highest BCUT2D eigenvalue weighted by molar-refractivity contribution is 7.80. The van der Waals surface area contributed by atoms with E-state index in [4.69, 9.17) is 5.11 Å². The number of thiol groups is 2. The van der Waals surface area contributed by atoms with E-state index >= 15 is 0 Å². The Morgan fingerprint density at radius 1 is 1.00 bits per heavy atom. The van der Waals surface area contributed by atoms with Crippen molar-refractivity contribution in [1.82, 2.24) is 10.6 Å². The van der Waals surface area contributed by atoms with Gasteiger partial charge >= 0.3 is 11.9 Å². The third-order valence-corrected chi connectivity index (χ3v) is 3.24. The van der Waals surface area contributed by atoms with Gasteiger partial charge in [0.05, 0.1) is 7.11 Å². The molecular formula is C11H18N2O6S2. The molecule has 0 saturated carbocycles. The van der Waals surface area contributed by atoms with Crippen molar-refractivity contribution < 1.29 is 29.0 Å². The van der Waals surface area contributed by atoms with Crippen LogP contribution in [0.3, 0.4) is 0 Å². The monoisotopic (exact) mass is 338 g/mol. The zero-order valence-corrected chi connectivity index (χ0v) is 13.2. The number of carbonyl (C=O) groups is 4. The van der Waals surface area contributed by atoms with Crippen molar-refractivity contribution in [1.29, 1.82) is 0 Å². The molecular weight excluding hydrogens is 320 g/mol. The second-order valence-electron chi connectivity index (χ2n) is 3.91. The van der Waals surface area contributed by atoms with Gasteiger partial charge in [0.1, 0.15) is 11.8 Å². The first-order chi connectivity index (χ1) is 9.88. The summed E-state index contributed by atoms with van der Waals surface area (Å²) in [4.78, 5) is 45.1. The van der Waals surface area contributed by atoms with Gasteiger partial charge in [-0.15, -0.1) is 0 Å². The minimum absolute atomic E-state index is 0.00833. The van der Waals surface area contributed by atoms with E-state index in [2.05, 4.69) is 40.6 Å². The maximum absolute atomic E-state index is 11.6. The van der Waals surface area contributed by atoms with Gasteiger partial charge in [-0.1, -0.05) is 0 Å². The van der Waals surface area contributed by atoms with Gasteiger partial charge in [-0.25, -0.2) is 0 Å². The zero-order valence-electron chi connectivity index (χ0n) is 11.4. The molecule has 0 aromatic carbocycles. The Hall–Kier alpha value is -1.42. The Balaban J connectivity index is 4.15. The SMILES string of the molecule is COC(=O)C(CS)C(=O)NCCNC(=O)C(CS)C(=O)O. The minimum Gasteiger partial charge on any atom is -0.481 e. The number of carboxylic acids is 1. The van der Waals surface area contributed by atoms with Gasteiger partial charge in [0.2, 0.25) is 11.8 Å². The molecule has 0 aromatic heterocycles. The lowest BCUT2D eigenvalue weighted by Crippen LogP contribution is -2.43. The number of hydrogen-bond donors (Lipinski definition) is 5. The maximum atomic E-state index is 11.6. The van der Waals surface area contributed by atoms with Gasteiger partial charge in [0.25, 0.3) is 0 Å². The fraction of sp³-hybridized carbons (Fsp3) is 0.636. The number of nitrogens with one attached hydrogen (secondary N) is 2. The van der Waals surface area contributed by atoms with Crippen molar-refractivity contribution in [3.63, 3.8) is 0 Å². The molecule has 0 saturated heterocycles. The summed E-state index contributed by atoms with van der Waals surface area (Å²) in [6.45, 7) is 0.0767. The number of ether oxygens (including phenoxy) is 1. The van der Waals surface area contributed by atoms with Crippen molar-refractivity contribution in [3.05, 3.63) is 0 Å². The molecule has 0 radical (unpaired) electrons. The quantitative estimate of drug-likeness (QED) is 0.152. The number of rotatable bonds is 9. The number of esters is 1. The highest BCUT2D eigenvalue weighted by atomic mass is 32.1. The molecule has 0 heterocycles. The number of aliphatic carboxylic acids is 1. The van der Waals surface area contributed by atoms with Crippen LogP contribution in [0.15, 0.2) is 0 Å². The van der Waals surface area contributed by atoms with Crippen LogP contribution in [0.2, 0.25) is 0 Å². The molecule has 3 N–H and O–H groups in total. The van der Waals surface area contributed by atoms with Crippen LogP contribution >= 0.6 is 25.3 Å². The summed E-state index contributed by atoms with van der Waals surface area (Å²) in [6, 6.07) is 0. The van der Waals surface area contributed by atoms with Crippen molar-refractivity contribution in [2.24, 2.45) is 11.8 Å². The van der Waals surface area contributed by atoms with Gasteiger partial charge in [-0.05, 0) is 0 Å². The van der Waals surface area contributed by atoms with Crippen LogP contribution in [0.5, 0.6) is 0 Å². The predicted octanol–water partition coefficient (Wildman–Crippen LogP) is -1.43. The van der Waals surface area contributed by atoms with Gasteiger partial charge in [-0.2, -0.15) is 25.3 Å². The molecule has 0 aromatic rings. The molecule has 2 atom stereocenters. The van der Waals surface area contributed by atoms with E-state index in [9.17, 15) is 19.2 Å². The lowest BCUT2D eigenvalue weighted by molar-refractivity contribution is -0.149. The smallest absolute Gasteiger partial charge is 0.319 e. The van der Waals surface area contributed by atoms with Crippen molar-refractivity contribution >= 4 is 49.0 Å². The molecule has 0 aliphatic rings. The highest BCUT2D eigenvalue weighted by Gasteiger charge is 2.26. The summed E-state index contributed by atoms with van der Waals surface area (Å²) in [5, 5.41) is 13.5. The average Bonchev–Trinajstić information content (AvgIpc) is 2.44. The van der Waals surface area contributed by atoms with E-state index in [0.29, 0.717) is 0 Å². The molecule has 0 bridgehead atoms. The maximum Gasteiger partial charge on any atom is 0.319 e. The first-order valence-electron chi connectivity index (χ1n) is 5.96. The van der Waals surface area contributed by atoms with E-state index in [1.165, 1.54) is 0 Å². The van der Waals surface area contributed by atoms with Crippen molar-refractivity contribution in [2.45, 2.75) is 0 Å². The minimum atomic E-state index is -1.27. The summed E-state index contributed by atoms with van der Waals surface area (Å²) in [5.41, 5.74) is 0. The van der Waals surface area contributed by atoms with Crippen LogP contribution in [0.1, 0.15) is 0 Å². The van der Waals surface area contributed by atoms with Crippen LogP contribution in [-0.2, 0) is 23.9 Å². The lowest BCUT2D eigenvalue weighted by atomic mass is 10.1. The standard InChI is InChI=1S/C11H18N2O6S2/c1-19-11(18)7(5-21)9(15)13-3-2-12-8(14)6(4-20)10(16)17/h6-7,20-21H,2-5H2,1H3,(H,12,14)(H,13,15)(H,16,17). The molecule has 10 heteroatoms. The third kappa shape index (κ3) is 6.71. The van der Waals surface area contributed by atoms with Crippen LogP contribution in [0.4, 0.5) is 0 Å². The number of hydrogen-bond acceptors (Lipinski definition) is 7. The van der Waals surface area contributed by atoms with Crippen LogP contribution < -0.4 is 10.6 Å². The van der Waals surface area contributed by atoms with Gasteiger partial charge in [-0.3, -0.25) is 19.2 Å². The zero-order chi connectivity index (χ0) is 16.4. The molecule has 120 valence electrons. The molecule has 8 nitrogen and oxygen atoms in total. The van der Waals surface area contributed by atoms with Crippen LogP contribution in [-0.4, -0.2) is 60.6 Å². The Bertz CT molecular complexity index is 404. The molecule has 0 aliphatic carbocycles. The fourth-order valence-corrected chi connectivity index (χ4v) is 1.93. The Morgan fingerprint density at radius 2 is 1.43 bits per heavy atom. The number of methoxy groups -OCH3 is 1. The van der Waals surface area contributed by atoms with Gasteiger partial charge in [0, 0.05) is 24.6 Å². The second-order valence-corrected chi connectivity index (χ2v) is 4.64. The molecule has 2 amide bonds. The summed E-state index contributed by atoms with van der Waals surface area (Å²) in [5.74, 6) is -5.65. The first-order valence-corrected chi connectivity index (χ1v) is 7.23. The topological polar surface area (TPSA) is 122 Å². The predicted molar refractivity (Wildman–Crippen MR) is 80.4 cm³/mol. The van der Waals surface area contributed by atoms with Crippen LogP contribution in [0.25, 0.3) is 0 Å². The van der Waals surface area contributed by atoms with Gasteiger partial charge in [0.15, 0.2) is 0 Å². The van der Waals surface area contributed by atoms with E-state index in [1.807, 2.05) is 0 Å². The number of carboxylic acid groups (broad SMARTS) is 1.